The lowest BCUT2D eigenvalue weighted by Gasteiger charge is -2.18. The number of hydrogen-bond donors (Lipinski definition) is 0. The second-order valence-corrected chi connectivity index (χ2v) is 17.4. The summed E-state index contributed by atoms with van der Waals surface area (Å²) in [4.78, 5) is 38.1. The van der Waals surface area contributed by atoms with E-state index in [1.807, 2.05) is 0 Å². The van der Waals surface area contributed by atoms with Crippen LogP contribution >= 0.6 is 0 Å². The molecule has 1 atom stereocenters. The highest BCUT2D eigenvalue weighted by atomic mass is 16.6. The number of esters is 3. The van der Waals surface area contributed by atoms with Crippen LogP contribution in [0.3, 0.4) is 0 Å². The summed E-state index contributed by atoms with van der Waals surface area (Å²) in [6.07, 6.45) is 79.8. The van der Waals surface area contributed by atoms with Crippen molar-refractivity contribution < 1.29 is 28.6 Å². The van der Waals surface area contributed by atoms with Crippen molar-refractivity contribution >= 4 is 17.9 Å². The molecule has 6 nitrogen and oxygen atoms in total. The number of hydrogen-bond acceptors (Lipinski definition) is 6. The first-order valence-electron chi connectivity index (χ1n) is 27.3. The molecule has 0 aliphatic rings. The Kier molecular flexibility index (Phi) is 52.1. The van der Waals surface area contributed by atoms with Crippen LogP contribution < -0.4 is 0 Å². The van der Waals surface area contributed by atoms with Gasteiger partial charge in [0.2, 0.25) is 0 Å². The molecule has 0 saturated heterocycles. The predicted octanol–water partition coefficient (Wildman–Crippen LogP) is 18.4. The lowest BCUT2D eigenvalue weighted by molar-refractivity contribution is -0.167. The third kappa shape index (κ3) is 54.1. The van der Waals surface area contributed by atoms with E-state index in [9.17, 15) is 14.4 Å². The average molecular weight is 951 g/mol. The fraction of sp³-hybridized carbons (Fsp3) is 0.571. The molecule has 69 heavy (non-hydrogen) atoms. The Morgan fingerprint density at radius 1 is 0.304 bits per heavy atom. The van der Waals surface area contributed by atoms with Gasteiger partial charge >= 0.3 is 17.9 Å². The Labute approximate surface area is 423 Å². The molecule has 0 aliphatic heterocycles. The Morgan fingerprint density at radius 2 is 0.580 bits per heavy atom. The van der Waals surface area contributed by atoms with E-state index < -0.39 is 6.10 Å². The maximum atomic E-state index is 12.8. The van der Waals surface area contributed by atoms with Crippen LogP contribution in [0, 0.1) is 0 Å². The van der Waals surface area contributed by atoms with Gasteiger partial charge in [0.05, 0.1) is 0 Å². The minimum absolute atomic E-state index is 0.125. The molecule has 0 aromatic heterocycles. The normalized spacial score (nSPS) is 13.3. The van der Waals surface area contributed by atoms with E-state index in [1.165, 1.54) is 25.7 Å². The average Bonchev–Trinajstić information content (AvgIpc) is 3.35. The first-order valence-corrected chi connectivity index (χ1v) is 27.3. The van der Waals surface area contributed by atoms with Gasteiger partial charge in [-0.2, -0.15) is 0 Å². The van der Waals surface area contributed by atoms with Crippen molar-refractivity contribution in [3.05, 3.63) is 146 Å². The van der Waals surface area contributed by atoms with Crippen LogP contribution in [0.5, 0.6) is 0 Å². The summed E-state index contributed by atoms with van der Waals surface area (Å²) in [6, 6.07) is 0. The highest BCUT2D eigenvalue weighted by Crippen LogP contribution is 2.12. The smallest absolute Gasteiger partial charge is 0.306 e. The van der Waals surface area contributed by atoms with Crippen LogP contribution in [-0.2, 0) is 28.6 Å². The van der Waals surface area contributed by atoms with Crippen molar-refractivity contribution in [2.75, 3.05) is 13.2 Å². The van der Waals surface area contributed by atoms with Gasteiger partial charge in [-0.25, -0.2) is 0 Å². The number of ether oxygens (including phenoxy) is 3. The van der Waals surface area contributed by atoms with Crippen molar-refractivity contribution in [3.63, 3.8) is 0 Å². The van der Waals surface area contributed by atoms with Crippen LogP contribution in [0.1, 0.15) is 213 Å². The lowest BCUT2D eigenvalue weighted by atomic mass is 10.1. The van der Waals surface area contributed by atoms with Crippen LogP contribution in [0.15, 0.2) is 146 Å². The summed E-state index contributed by atoms with van der Waals surface area (Å²) in [5.74, 6) is -1.04. The van der Waals surface area contributed by atoms with Gasteiger partial charge in [-0.15, -0.1) is 0 Å². The van der Waals surface area contributed by atoms with Crippen molar-refractivity contribution in [2.24, 2.45) is 0 Å². The minimum Gasteiger partial charge on any atom is -0.462 e. The standard InChI is InChI=1S/C63H98O6/c1-4-7-10-13-16-19-22-25-28-30-31-33-36-38-41-44-47-50-53-56-62(65)68-59-60(69-63(66)57-54-51-48-45-42-39-34-27-24-21-18-15-12-9-6-3)58-67-61(64)55-52-49-46-43-40-37-35-32-29-26-23-20-17-14-11-8-5-2/h7-8,10-11,16-21,25-29,31,33-35,37-38,41,43,46,60H,4-6,9,12-15,22-24,30,32,36,39-40,42,44-45,47-59H2,1-3H3/t60-/m1/s1. The van der Waals surface area contributed by atoms with Crippen LogP contribution in [-0.4, -0.2) is 37.2 Å². The van der Waals surface area contributed by atoms with Gasteiger partial charge in [-0.1, -0.05) is 205 Å². The van der Waals surface area contributed by atoms with Gasteiger partial charge in [-0.3, -0.25) is 14.4 Å². The number of unbranched alkanes of at least 4 members (excludes halogenated alkanes) is 12. The molecule has 0 heterocycles. The molecular weight excluding hydrogens is 853 g/mol. The van der Waals surface area contributed by atoms with E-state index in [1.54, 1.807) is 0 Å². The third-order valence-electron chi connectivity index (χ3n) is 10.8. The fourth-order valence-electron chi connectivity index (χ4n) is 6.77. The van der Waals surface area contributed by atoms with E-state index in [0.29, 0.717) is 12.8 Å². The monoisotopic (exact) mass is 951 g/mol. The highest BCUT2D eigenvalue weighted by molar-refractivity contribution is 5.71. The third-order valence-corrected chi connectivity index (χ3v) is 10.8. The summed E-state index contributed by atoms with van der Waals surface area (Å²) in [5.41, 5.74) is 0. The molecule has 0 radical (unpaired) electrons. The number of carbonyl (C=O) groups excluding carboxylic acids is 3. The van der Waals surface area contributed by atoms with Crippen LogP contribution in [0.2, 0.25) is 0 Å². The minimum atomic E-state index is -0.829. The molecule has 0 bridgehead atoms. The van der Waals surface area contributed by atoms with E-state index in [4.69, 9.17) is 14.2 Å². The summed E-state index contributed by atoms with van der Waals surface area (Å²) in [5, 5.41) is 0. The lowest BCUT2D eigenvalue weighted by Crippen LogP contribution is -2.30. The molecule has 0 amide bonds. The molecule has 0 N–H and O–H groups in total. The van der Waals surface area contributed by atoms with Crippen molar-refractivity contribution in [3.8, 4) is 0 Å². The largest absolute Gasteiger partial charge is 0.462 e. The molecule has 0 spiro atoms. The van der Waals surface area contributed by atoms with Crippen LogP contribution in [0.25, 0.3) is 0 Å². The second-order valence-electron chi connectivity index (χ2n) is 17.4. The first-order chi connectivity index (χ1) is 34.0. The Morgan fingerprint density at radius 3 is 0.957 bits per heavy atom. The molecule has 0 aliphatic carbocycles. The maximum absolute atomic E-state index is 12.8. The summed E-state index contributed by atoms with van der Waals surface area (Å²) >= 11 is 0. The Balaban J connectivity index is 4.59. The Bertz CT molecular complexity index is 1560. The molecule has 0 unspecified atom stereocenters. The topological polar surface area (TPSA) is 78.9 Å². The second kappa shape index (κ2) is 55.9. The molecule has 0 fully saturated rings. The van der Waals surface area contributed by atoms with Gasteiger partial charge in [-0.05, 0) is 135 Å². The Hall–Kier alpha value is -4.71. The van der Waals surface area contributed by atoms with E-state index in [2.05, 4.69) is 167 Å². The van der Waals surface area contributed by atoms with Crippen molar-refractivity contribution in [2.45, 2.75) is 219 Å². The van der Waals surface area contributed by atoms with Crippen molar-refractivity contribution in [1.29, 1.82) is 0 Å². The molecule has 0 aromatic rings. The summed E-state index contributed by atoms with van der Waals surface area (Å²) < 4.78 is 16.7. The first kappa shape index (κ1) is 64.3. The van der Waals surface area contributed by atoms with Gasteiger partial charge < -0.3 is 14.2 Å². The zero-order valence-corrected chi connectivity index (χ0v) is 44.0. The molecule has 0 rings (SSSR count). The predicted molar refractivity (Wildman–Crippen MR) is 297 cm³/mol. The number of carbonyl (C=O) groups is 3. The molecule has 386 valence electrons. The summed E-state index contributed by atoms with van der Waals surface area (Å²) in [6.45, 7) is 6.27. The van der Waals surface area contributed by atoms with Gasteiger partial charge in [0, 0.05) is 19.3 Å². The van der Waals surface area contributed by atoms with E-state index in [-0.39, 0.29) is 44.0 Å². The van der Waals surface area contributed by atoms with Crippen molar-refractivity contribution in [1.82, 2.24) is 0 Å². The molecular formula is C63H98O6. The number of allylic oxidation sites excluding steroid dienone is 24. The SMILES string of the molecule is CCC=CCC=CCC=CCC=CCC=CCCCCCC(=O)OC[C@@H](COC(=O)CCCC=CCC=CCC=CCC=CCC=CCC)OC(=O)CCCCCCCC=CCC=CCCCCC. The van der Waals surface area contributed by atoms with Gasteiger partial charge in [0.15, 0.2) is 6.10 Å². The fourth-order valence-corrected chi connectivity index (χ4v) is 6.77. The number of rotatable bonds is 47. The van der Waals surface area contributed by atoms with Crippen LogP contribution in [0.4, 0.5) is 0 Å². The quantitative estimate of drug-likeness (QED) is 0.0262. The zero-order valence-electron chi connectivity index (χ0n) is 44.0. The van der Waals surface area contributed by atoms with E-state index in [0.717, 1.165) is 141 Å². The molecule has 0 aromatic carbocycles. The summed E-state index contributed by atoms with van der Waals surface area (Å²) in [7, 11) is 0. The zero-order chi connectivity index (χ0) is 50.0. The van der Waals surface area contributed by atoms with Gasteiger partial charge in [0.25, 0.3) is 0 Å². The maximum Gasteiger partial charge on any atom is 0.306 e. The van der Waals surface area contributed by atoms with E-state index >= 15 is 0 Å². The molecule has 0 saturated carbocycles. The molecule has 6 heteroatoms. The van der Waals surface area contributed by atoms with Gasteiger partial charge in [0.1, 0.15) is 13.2 Å². The highest BCUT2D eigenvalue weighted by Gasteiger charge is 2.19.